The zero-order valence-electron chi connectivity index (χ0n) is 13.7. The summed E-state index contributed by atoms with van der Waals surface area (Å²) in [7, 11) is 0. The third-order valence-electron chi connectivity index (χ3n) is 3.85. The Bertz CT molecular complexity index is 616. The van der Waals surface area contributed by atoms with Crippen molar-refractivity contribution in [3.05, 3.63) is 47.5 Å². The van der Waals surface area contributed by atoms with Crippen molar-refractivity contribution in [2.75, 3.05) is 19.6 Å². The molecular formula is C18H22N2O3. The molecule has 0 saturated heterocycles. The first-order valence-electron chi connectivity index (χ1n) is 7.83. The first-order valence-corrected chi connectivity index (χ1v) is 7.83. The molecule has 0 atom stereocenters. The van der Waals surface area contributed by atoms with Gasteiger partial charge in [-0.25, -0.2) is 0 Å². The molecule has 0 fully saturated rings. The van der Waals surface area contributed by atoms with Crippen molar-refractivity contribution in [3.8, 4) is 0 Å². The summed E-state index contributed by atoms with van der Waals surface area (Å²) in [6.07, 6.45) is 0.783. The molecule has 0 N–H and O–H groups in total. The summed E-state index contributed by atoms with van der Waals surface area (Å²) in [6, 6.07) is 6.81. The van der Waals surface area contributed by atoms with Crippen LogP contribution in [0.1, 0.15) is 47.4 Å². The third-order valence-corrected chi connectivity index (χ3v) is 3.85. The molecule has 5 heteroatoms. The van der Waals surface area contributed by atoms with Crippen LogP contribution in [0.5, 0.6) is 0 Å². The molecule has 122 valence electrons. The summed E-state index contributed by atoms with van der Waals surface area (Å²) in [4.78, 5) is 39.6. The van der Waals surface area contributed by atoms with Crippen LogP contribution in [0.25, 0.3) is 0 Å². The lowest BCUT2D eigenvalue weighted by atomic mass is 10.1. The number of amides is 3. The Morgan fingerprint density at radius 1 is 1.17 bits per heavy atom. The van der Waals surface area contributed by atoms with Crippen LogP contribution in [0.4, 0.5) is 0 Å². The number of imide groups is 1. The molecule has 0 aromatic heterocycles. The van der Waals surface area contributed by atoms with Gasteiger partial charge in [0.15, 0.2) is 0 Å². The van der Waals surface area contributed by atoms with E-state index >= 15 is 0 Å². The summed E-state index contributed by atoms with van der Waals surface area (Å²) >= 11 is 0. The van der Waals surface area contributed by atoms with Crippen LogP contribution in [0.3, 0.4) is 0 Å². The second-order valence-electron chi connectivity index (χ2n) is 5.78. The molecule has 0 bridgehead atoms. The van der Waals surface area contributed by atoms with E-state index in [-0.39, 0.29) is 24.3 Å². The number of carbonyl (C=O) groups excluding carboxylic acids is 3. The van der Waals surface area contributed by atoms with E-state index in [2.05, 4.69) is 6.58 Å². The smallest absolute Gasteiger partial charge is 0.261 e. The topological polar surface area (TPSA) is 57.7 Å². The van der Waals surface area contributed by atoms with Gasteiger partial charge in [0.2, 0.25) is 5.91 Å². The van der Waals surface area contributed by atoms with Crippen LogP contribution in [-0.2, 0) is 4.79 Å². The maximum absolute atomic E-state index is 12.2. The quantitative estimate of drug-likeness (QED) is 0.574. The van der Waals surface area contributed by atoms with Crippen LogP contribution in [-0.4, -0.2) is 47.2 Å². The average molecular weight is 314 g/mol. The fourth-order valence-electron chi connectivity index (χ4n) is 2.69. The molecule has 0 aliphatic carbocycles. The van der Waals surface area contributed by atoms with E-state index in [1.807, 2.05) is 13.8 Å². The lowest BCUT2D eigenvalue weighted by Gasteiger charge is -2.21. The van der Waals surface area contributed by atoms with Crippen molar-refractivity contribution in [1.82, 2.24) is 9.80 Å². The van der Waals surface area contributed by atoms with E-state index in [9.17, 15) is 14.4 Å². The summed E-state index contributed by atoms with van der Waals surface area (Å²) in [5.74, 6) is -0.522. The van der Waals surface area contributed by atoms with Gasteiger partial charge in [0, 0.05) is 26.1 Å². The normalized spacial score (nSPS) is 13.2. The van der Waals surface area contributed by atoms with Gasteiger partial charge >= 0.3 is 0 Å². The van der Waals surface area contributed by atoms with E-state index in [0.717, 1.165) is 5.57 Å². The number of likely N-dealkylation sites (N-methyl/N-ethyl adjacent to an activating group) is 1. The summed E-state index contributed by atoms with van der Waals surface area (Å²) in [5.41, 5.74) is 1.82. The minimum atomic E-state index is -0.271. The van der Waals surface area contributed by atoms with Crippen LogP contribution in [0, 0.1) is 0 Å². The van der Waals surface area contributed by atoms with E-state index < -0.39 is 0 Å². The fourth-order valence-corrected chi connectivity index (χ4v) is 2.69. The first kappa shape index (κ1) is 16.9. The van der Waals surface area contributed by atoms with E-state index in [1.54, 1.807) is 29.2 Å². The van der Waals surface area contributed by atoms with Crippen LogP contribution < -0.4 is 0 Å². The second kappa shape index (κ2) is 7.22. The predicted molar refractivity (Wildman–Crippen MR) is 88.1 cm³/mol. The van der Waals surface area contributed by atoms with E-state index in [1.165, 1.54) is 4.90 Å². The highest BCUT2D eigenvalue weighted by atomic mass is 16.2. The van der Waals surface area contributed by atoms with Gasteiger partial charge in [0.1, 0.15) is 0 Å². The van der Waals surface area contributed by atoms with Gasteiger partial charge in [-0.2, -0.15) is 0 Å². The molecule has 0 radical (unpaired) electrons. The predicted octanol–water partition coefficient (Wildman–Crippen LogP) is 2.49. The molecule has 1 heterocycles. The Balaban J connectivity index is 1.90. The zero-order valence-corrected chi connectivity index (χ0v) is 13.7. The van der Waals surface area contributed by atoms with Crippen LogP contribution >= 0.6 is 0 Å². The monoisotopic (exact) mass is 314 g/mol. The zero-order chi connectivity index (χ0) is 17.0. The maximum atomic E-state index is 12.2. The fraction of sp³-hybridized carbons (Fsp3) is 0.389. The van der Waals surface area contributed by atoms with Crippen LogP contribution in [0.15, 0.2) is 36.4 Å². The molecule has 1 aliphatic rings. The number of benzene rings is 1. The number of hydrogen-bond donors (Lipinski definition) is 0. The minimum absolute atomic E-state index is 0.0205. The van der Waals surface area contributed by atoms with Gasteiger partial charge < -0.3 is 4.90 Å². The van der Waals surface area contributed by atoms with Crippen molar-refractivity contribution in [2.45, 2.75) is 26.7 Å². The van der Waals surface area contributed by atoms with Gasteiger partial charge in [-0.15, -0.1) is 0 Å². The molecule has 3 amide bonds. The highest BCUT2D eigenvalue weighted by Gasteiger charge is 2.34. The maximum Gasteiger partial charge on any atom is 0.261 e. The van der Waals surface area contributed by atoms with Crippen molar-refractivity contribution in [1.29, 1.82) is 0 Å². The molecule has 0 unspecified atom stereocenters. The van der Waals surface area contributed by atoms with Crippen molar-refractivity contribution in [2.24, 2.45) is 0 Å². The molecule has 0 saturated carbocycles. The summed E-state index contributed by atoms with van der Waals surface area (Å²) in [5, 5.41) is 0. The molecule has 0 spiro atoms. The van der Waals surface area contributed by atoms with Gasteiger partial charge in [-0.05, 0) is 32.4 Å². The van der Waals surface area contributed by atoms with Gasteiger partial charge in [0.25, 0.3) is 11.8 Å². The Kier molecular flexibility index (Phi) is 5.32. The molecule has 1 aliphatic heterocycles. The van der Waals surface area contributed by atoms with Gasteiger partial charge in [-0.1, -0.05) is 24.3 Å². The van der Waals surface area contributed by atoms with Gasteiger partial charge in [0.05, 0.1) is 11.1 Å². The average Bonchev–Trinajstić information content (AvgIpc) is 2.77. The summed E-state index contributed by atoms with van der Waals surface area (Å²) in [6.45, 7) is 9.06. The Hall–Kier alpha value is -2.43. The molecule has 1 aromatic rings. The number of fused-ring (bicyclic) bond motifs is 1. The molecule has 1 aromatic carbocycles. The van der Waals surface area contributed by atoms with Crippen LogP contribution in [0.2, 0.25) is 0 Å². The highest BCUT2D eigenvalue weighted by molar-refractivity contribution is 6.21. The second-order valence-corrected chi connectivity index (χ2v) is 5.78. The summed E-state index contributed by atoms with van der Waals surface area (Å²) < 4.78 is 0. The third kappa shape index (κ3) is 3.67. The first-order chi connectivity index (χ1) is 11.0. The lowest BCUT2D eigenvalue weighted by molar-refractivity contribution is -0.130. The SMILES string of the molecule is C=C(C)CN(CC)C(=O)CCCN1C(=O)c2ccccc2C1=O. The number of rotatable bonds is 7. The van der Waals surface area contributed by atoms with Crippen molar-refractivity contribution < 1.29 is 14.4 Å². The minimum Gasteiger partial charge on any atom is -0.339 e. The molecule has 23 heavy (non-hydrogen) atoms. The Labute approximate surface area is 136 Å². The largest absolute Gasteiger partial charge is 0.339 e. The van der Waals surface area contributed by atoms with E-state index in [0.29, 0.717) is 37.1 Å². The van der Waals surface area contributed by atoms with Gasteiger partial charge in [-0.3, -0.25) is 19.3 Å². The number of nitrogens with zero attached hydrogens (tertiary/aromatic N) is 2. The highest BCUT2D eigenvalue weighted by Crippen LogP contribution is 2.22. The molecule has 2 rings (SSSR count). The number of carbonyl (C=O) groups is 3. The van der Waals surface area contributed by atoms with Crippen molar-refractivity contribution >= 4 is 17.7 Å². The molecule has 5 nitrogen and oxygen atoms in total. The van der Waals surface area contributed by atoms with E-state index in [4.69, 9.17) is 0 Å². The molecular weight excluding hydrogens is 292 g/mol. The number of hydrogen-bond acceptors (Lipinski definition) is 3. The standard InChI is InChI=1S/C18H22N2O3/c1-4-19(12-13(2)3)16(21)10-7-11-20-17(22)14-8-5-6-9-15(14)18(20)23/h5-6,8-9H,2,4,7,10-12H2,1,3H3. The van der Waals surface area contributed by atoms with Crippen molar-refractivity contribution in [3.63, 3.8) is 0 Å². The Morgan fingerprint density at radius 2 is 1.74 bits per heavy atom. The Morgan fingerprint density at radius 3 is 2.22 bits per heavy atom. The lowest BCUT2D eigenvalue weighted by Crippen LogP contribution is -2.34.